The fourth-order valence-electron chi connectivity index (χ4n) is 2.62. The molecule has 0 bridgehead atoms. The molecule has 1 heterocycles. The first kappa shape index (κ1) is 14.1. The van der Waals surface area contributed by atoms with Gasteiger partial charge in [-0.25, -0.2) is 5.06 Å². The monoisotopic (exact) mass is 261 g/mol. The highest BCUT2D eigenvalue weighted by Gasteiger charge is 2.37. The molecule has 19 heavy (non-hydrogen) atoms. The van der Waals surface area contributed by atoms with Gasteiger partial charge < -0.3 is 0 Å². The average Bonchev–Trinajstić information content (AvgIpc) is 2.40. The number of hydrogen-bond acceptors (Lipinski definition) is 2. The number of nitrogens with zero attached hydrogens (tertiary/aromatic N) is 1. The van der Waals surface area contributed by atoms with Crippen molar-refractivity contribution in [2.24, 2.45) is 5.92 Å². The maximum atomic E-state index is 11.6. The number of carbonyl (C=O) groups excluding carboxylic acids is 1. The molecule has 104 valence electrons. The molecule has 3 heteroatoms. The summed E-state index contributed by atoms with van der Waals surface area (Å²) < 4.78 is 0. The molecule has 2 unspecified atom stereocenters. The van der Waals surface area contributed by atoms with E-state index in [1.54, 1.807) is 5.06 Å². The maximum absolute atomic E-state index is 11.6. The van der Waals surface area contributed by atoms with Crippen LogP contribution in [0.15, 0.2) is 30.3 Å². The molecule has 0 spiro atoms. The van der Waals surface area contributed by atoms with Crippen LogP contribution < -0.4 is 0 Å². The van der Waals surface area contributed by atoms with Gasteiger partial charge >= 0.3 is 0 Å². The molecule has 1 aromatic carbocycles. The molecular weight excluding hydrogens is 238 g/mol. The quantitative estimate of drug-likeness (QED) is 0.702. The van der Waals surface area contributed by atoms with E-state index in [0.717, 1.165) is 12.0 Å². The molecule has 0 saturated carbocycles. The van der Waals surface area contributed by atoms with E-state index in [2.05, 4.69) is 13.8 Å². The lowest BCUT2D eigenvalue weighted by molar-refractivity contribution is -0.235. The molecule has 1 aromatic rings. The van der Waals surface area contributed by atoms with Crippen LogP contribution in [-0.2, 0) is 16.2 Å². The van der Waals surface area contributed by atoms with E-state index >= 15 is 0 Å². The Morgan fingerprint density at radius 3 is 2.74 bits per heavy atom. The van der Waals surface area contributed by atoms with E-state index in [-0.39, 0.29) is 11.9 Å². The Labute approximate surface area is 115 Å². The summed E-state index contributed by atoms with van der Waals surface area (Å²) in [6, 6.07) is 10.2. The van der Waals surface area contributed by atoms with Crippen molar-refractivity contribution < 1.29 is 9.63 Å². The Morgan fingerprint density at radius 2 is 2.11 bits per heavy atom. The minimum atomic E-state index is 0.115. The van der Waals surface area contributed by atoms with Gasteiger partial charge in [0.1, 0.15) is 6.61 Å². The first-order valence-corrected chi connectivity index (χ1v) is 7.19. The van der Waals surface area contributed by atoms with Crippen molar-refractivity contribution >= 4 is 5.91 Å². The first-order chi connectivity index (χ1) is 9.20. The Kier molecular flexibility index (Phi) is 4.97. The molecule has 0 N–H and O–H groups in total. The van der Waals surface area contributed by atoms with Gasteiger partial charge in [0.2, 0.25) is 5.91 Å². The number of hydrogen-bond donors (Lipinski definition) is 0. The lowest BCUT2D eigenvalue weighted by Gasteiger charge is -2.40. The molecule has 0 radical (unpaired) electrons. The summed E-state index contributed by atoms with van der Waals surface area (Å²) in [6.07, 6.45) is 4.11. The van der Waals surface area contributed by atoms with Gasteiger partial charge in [0, 0.05) is 0 Å². The van der Waals surface area contributed by atoms with Crippen LogP contribution in [0.1, 0.15) is 45.1 Å². The first-order valence-electron chi connectivity index (χ1n) is 7.19. The summed E-state index contributed by atoms with van der Waals surface area (Å²) >= 11 is 0. The Morgan fingerprint density at radius 1 is 1.37 bits per heavy atom. The topological polar surface area (TPSA) is 29.5 Å². The van der Waals surface area contributed by atoms with Gasteiger partial charge in [-0.3, -0.25) is 9.63 Å². The molecule has 2 rings (SSSR count). The second kappa shape index (κ2) is 6.71. The molecule has 1 aliphatic heterocycles. The predicted octanol–water partition coefficient (Wildman–Crippen LogP) is 3.55. The molecule has 1 fully saturated rings. The summed E-state index contributed by atoms with van der Waals surface area (Å²) in [6.45, 7) is 4.93. The molecule has 1 aliphatic rings. The third-order valence-electron chi connectivity index (χ3n) is 3.66. The van der Waals surface area contributed by atoms with Crippen LogP contribution in [0.2, 0.25) is 0 Å². The van der Waals surface area contributed by atoms with Gasteiger partial charge in [-0.1, -0.05) is 57.0 Å². The van der Waals surface area contributed by atoms with Gasteiger partial charge in [-0.15, -0.1) is 0 Å². The van der Waals surface area contributed by atoms with Crippen molar-refractivity contribution in [2.45, 2.75) is 52.2 Å². The minimum Gasteiger partial charge on any atom is -0.272 e. The highest BCUT2D eigenvalue weighted by molar-refractivity contribution is 5.81. The van der Waals surface area contributed by atoms with E-state index in [9.17, 15) is 4.79 Å². The number of β-lactam (4-membered cyclic amide) rings is 1. The predicted molar refractivity (Wildman–Crippen MR) is 75.2 cm³/mol. The van der Waals surface area contributed by atoms with Gasteiger partial charge in [0.25, 0.3) is 0 Å². The Bertz CT molecular complexity index is 404. The van der Waals surface area contributed by atoms with Crippen LogP contribution in [0.25, 0.3) is 0 Å². The van der Waals surface area contributed by atoms with Gasteiger partial charge in [0.15, 0.2) is 0 Å². The SMILES string of the molecule is CCCC(C)CC1CC(=O)N1OCc1ccccc1. The van der Waals surface area contributed by atoms with Gasteiger partial charge in [-0.2, -0.15) is 0 Å². The van der Waals surface area contributed by atoms with Crippen LogP contribution in [0.3, 0.4) is 0 Å². The molecule has 0 aromatic heterocycles. The molecule has 1 saturated heterocycles. The number of hydroxylamine groups is 2. The van der Waals surface area contributed by atoms with Crippen molar-refractivity contribution in [1.82, 2.24) is 5.06 Å². The average molecular weight is 261 g/mol. The fourth-order valence-corrected chi connectivity index (χ4v) is 2.62. The summed E-state index contributed by atoms with van der Waals surface area (Å²) in [5, 5.41) is 1.58. The zero-order valence-corrected chi connectivity index (χ0v) is 11.8. The van der Waals surface area contributed by atoms with Crippen LogP contribution >= 0.6 is 0 Å². The van der Waals surface area contributed by atoms with Gasteiger partial charge in [-0.05, 0) is 17.9 Å². The molecule has 3 nitrogen and oxygen atoms in total. The number of carbonyl (C=O) groups is 1. The van der Waals surface area contributed by atoms with Crippen molar-refractivity contribution in [3.63, 3.8) is 0 Å². The highest BCUT2D eigenvalue weighted by atomic mass is 16.7. The van der Waals surface area contributed by atoms with Crippen LogP contribution in [0.5, 0.6) is 0 Å². The Hall–Kier alpha value is -1.35. The van der Waals surface area contributed by atoms with Crippen LogP contribution in [0, 0.1) is 5.92 Å². The summed E-state index contributed by atoms with van der Waals surface area (Å²) in [5.41, 5.74) is 1.10. The normalized spacial score (nSPS) is 20.2. The van der Waals surface area contributed by atoms with Crippen LogP contribution in [0.4, 0.5) is 0 Å². The zero-order chi connectivity index (χ0) is 13.7. The van der Waals surface area contributed by atoms with E-state index in [0.29, 0.717) is 18.9 Å². The van der Waals surface area contributed by atoms with Crippen molar-refractivity contribution in [1.29, 1.82) is 0 Å². The third kappa shape index (κ3) is 3.80. The number of benzene rings is 1. The maximum Gasteiger partial charge on any atom is 0.248 e. The van der Waals surface area contributed by atoms with E-state index in [4.69, 9.17) is 4.84 Å². The molecule has 0 aliphatic carbocycles. The molecular formula is C16H23NO2. The summed E-state index contributed by atoms with van der Waals surface area (Å²) in [4.78, 5) is 17.3. The second-order valence-corrected chi connectivity index (χ2v) is 5.47. The van der Waals surface area contributed by atoms with Crippen molar-refractivity contribution in [2.75, 3.05) is 0 Å². The lowest BCUT2D eigenvalue weighted by atomic mass is 9.91. The summed E-state index contributed by atoms with van der Waals surface area (Å²) in [5.74, 6) is 0.774. The minimum absolute atomic E-state index is 0.115. The van der Waals surface area contributed by atoms with E-state index in [1.807, 2.05) is 30.3 Å². The number of rotatable bonds is 7. The van der Waals surface area contributed by atoms with E-state index < -0.39 is 0 Å². The smallest absolute Gasteiger partial charge is 0.248 e. The Balaban J connectivity index is 1.80. The summed E-state index contributed by atoms with van der Waals surface area (Å²) in [7, 11) is 0. The lowest BCUT2D eigenvalue weighted by Crippen LogP contribution is -2.52. The van der Waals surface area contributed by atoms with Crippen LogP contribution in [-0.4, -0.2) is 17.0 Å². The number of amides is 1. The van der Waals surface area contributed by atoms with Gasteiger partial charge in [0.05, 0.1) is 12.5 Å². The highest BCUT2D eigenvalue weighted by Crippen LogP contribution is 2.28. The largest absolute Gasteiger partial charge is 0.272 e. The van der Waals surface area contributed by atoms with Crippen molar-refractivity contribution in [3.05, 3.63) is 35.9 Å². The molecule has 2 atom stereocenters. The standard InChI is InChI=1S/C16H23NO2/c1-3-7-13(2)10-15-11-16(18)17(15)19-12-14-8-5-4-6-9-14/h4-6,8-9,13,15H,3,7,10-12H2,1-2H3. The zero-order valence-electron chi connectivity index (χ0n) is 11.8. The van der Waals surface area contributed by atoms with Crippen molar-refractivity contribution in [3.8, 4) is 0 Å². The third-order valence-corrected chi connectivity index (χ3v) is 3.66. The van der Waals surface area contributed by atoms with E-state index in [1.165, 1.54) is 12.8 Å². The second-order valence-electron chi connectivity index (χ2n) is 5.47. The fraction of sp³-hybridized carbons (Fsp3) is 0.562. The molecule has 1 amide bonds.